The first-order valence-corrected chi connectivity index (χ1v) is 6.76. The largest absolute Gasteiger partial charge is 0.375 e. The fourth-order valence-corrected chi connectivity index (χ4v) is 2.46. The second-order valence-corrected chi connectivity index (χ2v) is 5.39. The van der Waals surface area contributed by atoms with Crippen molar-refractivity contribution in [3.8, 4) is 6.07 Å². The lowest BCUT2D eigenvalue weighted by atomic mass is 9.88. The molecule has 1 amide bonds. The number of likely N-dealkylation sites (tertiary alicyclic amines) is 1. The molecule has 1 aliphatic rings. The number of hydrogen-bond acceptors (Lipinski definition) is 3. The summed E-state index contributed by atoms with van der Waals surface area (Å²) in [5.41, 5.74) is -1.78. The van der Waals surface area contributed by atoms with Crippen LogP contribution in [0.4, 0.5) is 8.78 Å². The minimum Gasteiger partial charge on any atom is -0.375 e. The predicted molar refractivity (Wildman–Crippen MR) is 72.0 cm³/mol. The van der Waals surface area contributed by atoms with Crippen LogP contribution in [0.15, 0.2) is 18.2 Å². The van der Waals surface area contributed by atoms with E-state index in [0.717, 1.165) is 6.07 Å². The van der Waals surface area contributed by atoms with Crippen molar-refractivity contribution in [3.63, 3.8) is 0 Å². The van der Waals surface area contributed by atoms with Crippen LogP contribution in [0.3, 0.4) is 0 Å². The summed E-state index contributed by atoms with van der Waals surface area (Å²) < 4.78 is 27.3. The van der Waals surface area contributed by atoms with Gasteiger partial charge in [-0.2, -0.15) is 5.26 Å². The van der Waals surface area contributed by atoms with Crippen LogP contribution in [0.2, 0.25) is 5.02 Å². The number of aliphatic hydroxyl groups is 1. The molecule has 1 saturated heterocycles. The number of nitrogens with zero attached hydrogens (tertiary/aromatic N) is 2. The van der Waals surface area contributed by atoms with Crippen molar-refractivity contribution in [2.45, 2.75) is 24.6 Å². The molecule has 1 N–H and O–H groups in total. The van der Waals surface area contributed by atoms with Gasteiger partial charge in [0.25, 0.3) is 5.91 Å². The zero-order chi connectivity index (χ0) is 15.6. The van der Waals surface area contributed by atoms with Gasteiger partial charge in [-0.05, 0) is 18.2 Å². The van der Waals surface area contributed by atoms with Gasteiger partial charge in [0.15, 0.2) is 11.8 Å². The van der Waals surface area contributed by atoms with Crippen LogP contribution in [0.1, 0.15) is 23.2 Å². The molecule has 0 aromatic heterocycles. The van der Waals surface area contributed by atoms with Crippen LogP contribution in [0, 0.1) is 17.1 Å². The Morgan fingerprint density at radius 1 is 1.48 bits per heavy atom. The Morgan fingerprint density at radius 3 is 2.62 bits per heavy atom. The lowest BCUT2D eigenvalue weighted by molar-refractivity contribution is -0.0201. The second kappa shape index (κ2) is 5.96. The zero-order valence-electron chi connectivity index (χ0n) is 11.0. The van der Waals surface area contributed by atoms with Gasteiger partial charge in [0.2, 0.25) is 0 Å². The van der Waals surface area contributed by atoms with Gasteiger partial charge in [-0.1, -0.05) is 11.6 Å². The molecule has 4 nitrogen and oxygen atoms in total. The van der Waals surface area contributed by atoms with Crippen molar-refractivity contribution in [1.82, 2.24) is 4.90 Å². The number of hydrogen-bond donors (Lipinski definition) is 1. The first kappa shape index (κ1) is 15.7. The molecular weight excluding hydrogens is 302 g/mol. The molecule has 21 heavy (non-hydrogen) atoms. The number of carbonyl (C=O) groups is 1. The van der Waals surface area contributed by atoms with E-state index < -0.39 is 17.6 Å². The number of nitriles is 1. The fourth-order valence-electron chi connectivity index (χ4n) is 2.28. The van der Waals surface area contributed by atoms with Crippen LogP contribution in [0.25, 0.3) is 0 Å². The van der Waals surface area contributed by atoms with Crippen LogP contribution in [-0.4, -0.2) is 40.8 Å². The number of alkyl halides is 1. The van der Waals surface area contributed by atoms with Crippen LogP contribution < -0.4 is 0 Å². The summed E-state index contributed by atoms with van der Waals surface area (Å²) >= 11 is 5.63. The van der Waals surface area contributed by atoms with E-state index in [2.05, 4.69) is 0 Å². The van der Waals surface area contributed by atoms with Gasteiger partial charge in [-0.25, -0.2) is 8.78 Å². The van der Waals surface area contributed by atoms with Crippen LogP contribution in [-0.2, 0) is 0 Å². The molecule has 0 unspecified atom stereocenters. The highest BCUT2D eigenvalue weighted by Crippen LogP contribution is 2.30. The minimum atomic E-state index is -1.99. The normalized spacial score (nSPS) is 18.9. The van der Waals surface area contributed by atoms with Gasteiger partial charge in [0.05, 0.1) is 11.1 Å². The molecule has 0 saturated carbocycles. The van der Waals surface area contributed by atoms with E-state index >= 15 is 0 Å². The molecule has 7 heteroatoms. The maximum absolute atomic E-state index is 14.2. The van der Waals surface area contributed by atoms with Crippen LogP contribution in [0.5, 0.6) is 0 Å². The molecule has 1 aromatic carbocycles. The highest BCUT2D eigenvalue weighted by molar-refractivity contribution is 6.31. The van der Waals surface area contributed by atoms with E-state index in [1.165, 1.54) is 23.1 Å². The molecule has 2 rings (SSSR count). The average Bonchev–Trinajstić information content (AvgIpc) is 2.49. The van der Waals surface area contributed by atoms with Crippen molar-refractivity contribution in [2.24, 2.45) is 0 Å². The van der Waals surface area contributed by atoms with E-state index in [-0.39, 0.29) is 42.4 Å². The molecule has 1 heterocycles. The third kappa shape index (κ3) is 3.14. The number of rotatable bonds is 2. The molecule has 0 bridgehead atoms. The molecule has 1 fully saturated rings. The number of amides is 1. The molecule has 0 radical (unpaired) electrons. The zero-order valence-corrected chi connectivity index (χ0v) is 11.8. The molecule has 0 spiro atoms. The Kier molecular flexibility index (Phi) is 4.45. The van der Waals surface area contributed by atoms with Crippen molar-refractivity contribution in [2.75, 3.05) is 13.1 Å². The van der Waals surface area contributed by atoms with E-state index in [1.54, 1.807) is 0 Å². The van der Waals surface area contributed by atoms with Crippen molar-refractivity contribution < 1.29 is 18.7 Å². The summed E-state index contributed by atoms with van der Waals surface area (Å²) in [5, 5.41) is 17.8. The Bertz CT molecular complexity index is 595. The highest BCUT2D eigenvalue weighted by atomic mass is 35.5. The number of aliphatic hydroxyl groups excluding tert-OH is 1. The average molecular weight is 315 g/mol. The summed E-state index contributed by atoms with van der Waals surface area (Å²) in [5.74, 6) is -1.00. The summed E-state index contributed by atoms with van der Waals surface area (Å²) in [6.07, 6.45) is -1.94. The first-order chi connectivity index (χ1) is 9.87. The minimum absolute atomic E-state index is 0.0725. The quantitative estimate of drug-likeness (QED) is 0.852. The van der Waals surface area contributed by atoms with Crippen molar-refractivity contribution >= 4 is 17.5 Å². The maximum Gasteiger partial charge on any atom is 0.253 e. The van der Waals surface area contributed by atoms with Gasteiger partial charge in [0, 0.05) is 31.5 Å². The number of carbonyl (C=O) groups excluding carboxylic acids is 1. The molecule has 112 valence electrons. The molecule has 0 aliphatic carbocycles. The molecule has 1 atom stereocenters. The van der Waals surface area contributed by atoms with E-state index in [9.17, 15) is 18.7 Å². The highest BCUT2D eigenvalue weighted by Gasteiger charge is 2.42. The van der Waals surface area contributed by atoms with E-state index in [4.69, 9.17) is 16.9 Å². The van der Waals surface area contributed by atoms with Gasteiger partial charge in [-0.3, -0.25) is 4.79 Å². The molecule has 1 aromatic rings. The fraction of sp³-hybridized carbons (Fsp3) is 0.429. The summed E-state index contributed by atoms with van der Waals surface area (Å²) in [4.78, 5) is 13.6. The Labute approximate surface area is 125 Å². The standard InChI is InChI=1S/C14H13ClF2N2O2/c15-10-7-9(1-2-11(10)16)13(21)19-5-3-14(17,4-6-19)12(20)8-18/h1-2,7,12,20H,3-6H2/t12-/m1/s1. The second-order valence-electron chi connectivity index (χ2n) is 4.99. The Hall–Kier alpha value is -1.71. The SMILES string of the molecule is N#C[C@@H](O)C1(F)CCN(C(=O)c2ccc(F)c(Cl)c2)CC1. The lowest BCUT2D eigenvalue weighted by Crippen LogP contribution is -2.49. The molecular formula is C14H13ClF2N2O2. The summed E-state index contributed by atoms with van der Waals surface area (Å²) in [7, 11) is 0. The smallest absolute Gasteiger partial charge is 0.253 e. The third-order valence-electron chi connectivity index (χ3n) is 3.66. The monoisotopic (exact) mass is 314 g/mol. The Morgan fingerprint density at radius 2 is 2.10 bits per heavy atom. The van der Waals surface area contributed by atoms with Gasteiger partial charge < -0.3 is 10.0 Å². The number of benzene rings is 1. The Balaban J connectivity index is 2.07. The van der Waals surface area contributed by atoms with Crippen molar-refractivity contribution in [3.05, 3.63) is 34.6 Å². The summed E-state index contributed by atoms with van der Waals surface area (Å²) in [6.45, 7) is 0.145. The van der Waals surface area contributed by atoms with E-state index in [0.29, 0.717) is 0 Å². The lowest BCUT2D eigenvalue weighted by Gasteiger charge is -2.37. The van der Waals surface area contributed by atoms with Gasteiger partial charge in [0.1, 0.15) is 5.82 Å². The maximum atomic E-state index is 14.2. The van der Waals surface area contributed by atoms with Crippen molar-refractivity contribution in [1.29, 1.82) is 5.26 Å². The van der Waals surface area contributed by atoms with E-state index in [1.807, 2.05) is 0 Å². The predicted octanol–water partition coefficient (Wildman–Crippen LogP) is 2.31. The first-order valence-electron chi connectivity index (χ1n) is 6.38. The van der Waals surface area contributed by atoms with Crippen LogP contribution >= 0.6 is 11.6 Å². The third-order valence-corrected chi connectivity index (χ3v) is 3.95. The number of halogens is 3. The van der Waals surface area contributed by atoms with Gasteiger partial charge >= 0.3 is 0 Å². The topological polar surface area (TPSA) is 64.3 Å². The summed E-state index contributed by atoms with van der Waals surface area (Å²) in [6, 6.07) is 5.11. The van der Waals surface area contributed by atoms with Gasteiger partial charge in [-0.15, -0.1) is 0 Å². The number of piperidine rings is 1. The molecule has 1 aliphatic heterocycles.